The number of aromatic hydroxyl groups is 1. The van der Waals surface area contributed by atoms with E-state index < -0.39 is 5.91 Å². The zero-order valence-corrected chi connectivity index (χ0v) is 19.0. The van der Waals surface area contributed by atoms with Gasteiger partial charge in [0.25, 0.3) is 5.91 Å². The van der Waals surface area contributed by atoms with Crippen molar-refractivity contribution in [3.63, 3.8) is 0 Å². The van der Waals surface area contributed by atoms with Crippen LogP contribution in [0.25, 0.3) is 6.08 Å². The number of carbonyl (C=O) groups excluding carboxylic acids is 1. The van der Waals surface area contributed by atoms with E-state index in [1.54, 1.807) is 36.4 Å². The maximum Gasteiger partial charge on any atom is 0.266 e. The van der Waals surface area contributed by atoms with Crippen molar-refractivity contribution in [2.75, 3.05) is 5.32 Å². The second-order valence-corrected chi connectivity index (χ2v) is 8.12. The van der Waals surface area contributed by atoms with Gasteiger partial charge in [0.2, 0.25) is 0 Å². The third kappa shape index (κ3) is 6.25. The minimum Gasteiger partial charge on any atom is -0.508 e. The molecule has 0 fully saturated rings. The summed E-state index contributed by atoms with van der Waals surface area (Å²) in [7, 11) is 0. The highest BCUT2D eigenvalue weighted by atomic mass is 79.9. The number of nitrogens with zero attached hydrogens (tertiary/aromatic N) is 1. The Hall–Kier alpha value is -2.98. The first-order valence-electron chi connectivity index (χ1n) is 8.94. The molecular formula is C23H15BrCl2N2O3. The molecule has 0 aliphatic rings. The van der Waals surface area contributed by atoms with Gasteiger partial charge >= 0.3 is 0 Å². The van der Waals surface area contributed by atoms with E-state index in [0.717, 1.165) is 10.0 Å². The second-order valence-electron chi connectivity index (χ2n) is 6.39. The fraction of sp³-hybridized carbons (Fsp3) is 0.0435. The zero-order valence-electron chi connectivity index (χ0n) is 15.9. The minimum absolute atomic E-state index is 0.0759. The maximum absolute atomic E-state index is 12.5. The summed E-state index contributed by atoms with van der Waals surface area (Å²) in [4.78, 5) is 12.5. The van der Waals surface area contributed by atoms with Crippen LogP contribution in [0, 0.1) is 11.3 Å². The molecule has 0 unspecified atom stereocenters. The van der Waals surface area contributed by atoms with E-state index in [9.17, 15) is 15.2 Å². The Morgan fingerprint density at radius 1 is 1.10 bits per heavy atom. The van der Waals surface area contributed by atoms with Crippen LogP contribution in [0.2, 0.25) is 10.0 Å². The number of nitriles is 1. The summed E-state index contributed by atoms with van der Waals surface area (Å²) in [6.07, 6.45) is 1.45. The molecule has 0 radical (unpaired) electrons. The van der Waals surface area contributed by atoms with E-state index in [4.69, 9.17) is 27.9 Å². The molecule has 31 heavy (non-hydrogen) atoms. The van der Waals surface area contributed by atoms with E-state index in [-0.39, 0.29) is 17.9 Å². The van der Waals surface area contributed by atoms with Crippen molar-refractivity contribution in [2.45, 2.75) is 6.61 Å². The molecule has 156 valence electrons. The highest BCUT2D eigenvalue weighted by Crippen LogP contribution is 2.28. The summed E-state index contributed by atoms with van der Waals surface area (Å²) in [5.74, 6) is -0.0185. The first-order chi connectivity index (χ1) is 14.9. The van der Waals surface area contributed by atoms with Crippen LogP contribution in [0.4, 0.5) is 5.69 Å². The zero-order chi connectivity index (χ0) is 22.4. The van der Waals surface area contributed by atoms with Crippen LogP contribution in [-0.2, 0) is 11.4 Å². The number of phenolic OH excluding ortho intramolecular Hbond substituents is 1. The molecule has 3 aromatic rings. The fourth-order valence-corrected chi connectivity index (χ4v) is 3.30. The van der Waals surface area contributed by atoms with Crippen LogP contribution < -0.4 is 10.1 Å². The molecule has 0 saturated carbocycles. The summed E-state index contributed by atoms with van der Waals surface area (Å²) in [5, 5.41) is 22.4. The van der Waals surface area contributed by atoms with Gasteiger partial charge in [0, 0.05) is 15.7 Å². The van der Waals surface area contributed by atoms with E-state index >= 15 is 0 Å². The van der Waals surface area contributed by atoms with Crippen LogP contribution in [0.15, 0.2) is 70.7 Å². The summed E-state index contributed by atoms with van der Waals surface area (Å²) in [5.41, 5.74) is 1.71. The third-order valence-corrected chi connectivity index (χ3v) is 5.37. The monoisotopic (exact) mass is 516 g/mol. The average molecular weight is 518 g/mol. The van der Waals surface area contributed by atoms with Crippen LogP contribution in [0.1, 0.15) is 11.1 Å². The van der Waals surface area contributed by atoms with Crippen molar-refractivity contribution in [3.05, 3.63) is 91.9 Å². The molecule has 0 aliphatic heterocycles. The number of halogens is 3. The summed E-state index contributed by atoms with van der Waals surface area (Å²) < 4.78 is 6.65. The van der Waals surface area contributed by atoms with Gasteiger partial charge in [-0.1, -0.05) is 45.2 Å². The molecule has 0 heterocycles. The van der Waals surface area contributed by atoms with Gasteiger partial charge in [-0.15, -0.1) is 0 Å². The second kappa shape index (κ2) is 10.4. The molecule has 3 rings (SSSR count). The Labute approximate surface area is 197 Å². The van der Waals surface area contributed by atoms with Gasteiger partial charge in [-0.2, -0.15) is 5.26 Å². The van der Waals surface area contributed by atoms with Crippen molar-refractivity contribution in [1.29, 1.82) is 5.26 Å². The molecule has 0 bridgehead atoms. The number of anilines is 1. The van der Waals surface area contributed by atoms with Gasteiger partial charge < -0.3 is 15.2 Å². The molecule has 1 amide bonds. The van der Waals surface area contributed by atoms with E-state index in [1.807, 2.05) is 6.07 Å². The van der Waals surface area contributed by atoms with Crippen molar-refractivity contribution < 1.29 is 14.6 Å². The maximum atomic E-state index is 12.5. The summed E-state index contributed by atoms with van der Waals surface area (Å²) >= 11 is 15.4. The number of nitrogens with one attached hydrogen (secondary N) is 1. The van der Waals surface area contributed by atoms with Crippen molar-refractivity contribution >= 4 is 56.8 Å². The van der Waals surface area contributed by atoms with E-state index in [1.165, 1.54) is 30.3 Å². The van der Waals surface area contributed by atoms with Gasteiger partial charge in [0.1, 0.15) is 29.7 Å². The van der Waals surface area contributed by atoms with Crippen LogP contribution in [-0.4, -0.2) is 11.0 Å². The van der Waals surface area contributed by atoms with Crippen molar-refractivity contribution in [1.82, 2.24) is 0 Å². The molecule has 0 aromatic heterocycles. The standard InChI is InChI=1S/C23H15BrCl2N2O3/c24-17-2-8-22(31-13-14-1-7-20(25)21(26)9-14)15(11-17)10-16(12-27)23(30)28-18-3-5-19(29)6-4-18/h1-11,29H,13H2,(H,28,30)/b16-10+. The number of carbonyl (C=O) groups is 1. The van der Waals surface area contributed by atoms with Crippen molar-refractivity contribution in [2.24, 2.45) is 0 Å². The molecule has 2 N–H and O–H groups in total. The van der Waals surface area contributed by atoms with Gasteiger partial charge in [-0.3, -0.25) is 4.79 Å². The minimum atomic E-state index is -0.580. The van der Waals surface area contributed by atoms with Crippen LogP contribution in [0.3, 0.4) is 0 Å². The summed E-state index contributed by atoms with van der Waals surface area (Å²) in [6.45, 7) is 0.223. The molecule has 0 spiro atoms. The van der Waals surface area contributed by atoms with Gasteiger partial charge in [0.15, 0.2) is 0 Å². The smallest absolute Gasteiger partial charge is 0.266 e. The molecule has 3 aromatic carbocycles. The molecular weight excluding hydrogens is 503 g/mol. The van der Waals surface area contributed by atoms with E-state index in [0.29, 0.717) is 27.0 Å². The SMILES string of the molecule is N#C/C(=C\c1cc(Br)ccc1OCc1ccc(Cl)c(Cl)c1)C(=O)Nc1ccc(O)cc1. The lowest BCUT2D eigenvalue weighted by Gasteiger charge is -2.11. The predicted octanol–water partition coefficient (Wildman–Crippen LogP) is 6.59. The molecule has 5 nitrogen and oxygen atoms in total. The normalized spacial score (nSPS) is 11.0. The van der Waals surface area contributed by atoms with Gasteiger partial charge in [0.05, 0.1) is 10.0 Å². The number of benzene rings is 3. The lowest BCUT2D eigenvalue weighted by Crippen LogP contribution is -2.13. The number of amides is 1. The number of phenols is 1. The summed E-state index contributed by atoms with van der Waals surface area (Å²) in [6, 6.07) is 18.3. The van der Waals surface area contributed by atoms with E-state index in [2.05, 4.69) is 21.2 Å². The lowest BCUT2D eigenvalue weighted by molar-refractivity contribution is -0.112. The first-order valence-corrected chi connectivity index (χ1v) is 10.5. The fourth-order valence-electron chi connectivity index (χ4n) is 2.60. The first kappa shape index (κ1) is 22.7. The van der Waals surface area contributed by atoms with Crippen molar-refractivity contribution in [3.8, 4) is 17.6 Å². The Bertz CT molecular complexity index is 1190. The Balaban J connectivity index is 1.82. The third-order valence-electron chi connectivity index (χ3n) is 4.14. The van der Waals surface area contributed by atoms with Gasteiger partial charge in [-0.05, 0) is 66.2 Å². The highest BCUT2D eigenvalue weighted by molar-refractivity contribution is 9.10. The molecule has 8 heteroatoms. The Morgan fingerprint density at radius 2 is 1.84 bits per heavy atom. The number of rotatable bonds is 6. The molecule has 0 saturated heterocycles. The number of hydrogen-bond acceptors (Lipinski definition) is 4. The number of ether oxygens (including phenoxy) is 1. The predicted molar refractivity (Wildman–Crippen MR) is 125 cm³/mol. The molecule has 0 atom stereocenters. The number of hydrogen-bond donors (Lipinski definition) is 2. The Morgan fingerprint density at radius 3 is 2.52 bits per heavy atom. The lowest BCUT2D eigenvalue weighted by atomic mass is 10.1. The van der Waals surface area contributed by atoms with Crippen LogP contribution >= 0.6 is 39.1 Å². The van der Waals surface area contributed by atoms with Gasteiger partial charge in [-0.25, -0.2) is 0 Å². The average Bonchev–Trinajstić information content (AvgIpc) is 2.75. The molecule has 0 aliphatic carbocycles. The highest BCUT2D eigenvalue weighted by Gasteiger charge is 2.12. The Kier molecular flexibility index (Phi) is 7.59. The largest absolute Gasteiger partial charge is 0.508 e. The topological polar surface area (TPSA) is 82.3 Å². The van der Waals surface area contributed by atoms with Crippen LogP contribution in [0.5, 0.6) is 11.5 Å². The quantitative estimate of drug-likeness (QED) is 0.219.